The van der Waals surface area contributed by atoms with Gasteiger partial charge in [0.2, 0.25) is 5.91 Å². The minimum Gasteiger partial charge on any atom is -0.349 e. The summed E-state index contributed by atoms with van der Waals surface area (Å²) in [6.45, 7) is 5.06. The van der Waals surface area contributed by atoms with Crippen molar-refractivity contribution in [1.29, 1.82) is 0 Å². The van der Waals surface area contributed by atoms with Crippen molar-refractivity contribution in [2.24, 2.45) is 0 Å². The first kappa shape index (κ1) is 19.5. The first-order valence-corrected chi connectivity index (χ1v) is 10.7. The van der Waals surface area contributed by atoms with Crippen molar-refractivity contribution >= 4 is 23.3 Å². The van der Waals surface area contributed by atoms with Crippen molar-refractivity contribution in [1.82, 2.24) is 24.5 Å². The van der Waals surface area contributed by atoms with E-state index < -0.39 is 0 Å². The second-order valence-electron chi connectivity index (χ2n) is 6.76. The largest absolute Gasteiger partial charge is 0.349 e. The summed E-state index contributed by atoms with van der Waals surface area (Å²) in [7, 11) is 0. The molecule has 0 aromatic carbocycles. The molecule has 144 valence electrons. The van der Waals surface area contributed by atoms with Gasteiger partial charge < -0.3 is 9.88 Å². The second-order valence-corrected chi connectivity index (χ2v) is 7.75. The average Bonchev–Trinajstić information content (AvgIpc) is 3.23. The normalized spacial score (nSPS) is 12.4. The van der Waals surface area contributed by atoms with E-state index in [-0.39, 0.29) is 11.9 Å². The highest BCUT2D eigenvalue weighted by atomic mass is 32.2. The Morgan fingerprint density at radius 2 is 1.96 bits per heavy atom. The Morgan fingerprint density at radius 1 is 1.19 bits per heavy atom. The Hall–Kier alpha value is -2.28. The molecule has 0 bridgehead atoms. The molecule has 3 aromatic rings. The molecule has 0 fully saturated rings. The summed E-state index contributed by atoms with van der Waals surface area (Å²) in [5, 5.41) is 11.7. The molecule has 0 saturated carbocycles. The molecule has 3 heterocycles. The summed E-state index contributed by atoms with van der Waals surface area (Å²) in [6.07, 6.45) is 6.17. The van der Waals surface area contributed by atoms with Gasteiger partial charge in [-0.15, -0.1) is 10.2 Å². The summed E-state index contributed by atoms with van der Waals surface area (Å²) < 4.78 is 4.21. The van der Waals surface area contributed by atoms with Crippen molar-refractivity contribution in [3.63, 3.8) is 0 Å². The number of fused-ring (bicyclic) bond motifs is 1. The van der Waals surface area contributed by atoms with Gasteiger partial charge in [-0.25, -0.2) is 0 Å². The first-order chi connectivity index (χ1) is 13.1. The van der Waals surface area contributed by atoms with Gasteiger partial charge >= 0.3 is 0 Å². The zero-order chi connectivity index (χ0) is 19.2. The molecular formula is C20H27N5OS. The van der Waals surface area contributed by atoms with Gasteiger partial charge in [0, 0.05) is 30.6 Å². The van der Waals surface area contributed by atoms with Crippen LogP contribution in [0.3, 0.4) is 0 Å². The van der Waals surface area contributed by atoms with Crippen LogP contribution < -0.4 is 5.32 Å². The Labute approximate surface area is 164 Å². The zero-order valence-electron chi connectivity index (χ0n) is 16.2. The summed E-state index contributed by atoms with van der Waals surface area (Å²) in [4.78, 5) is 12.6. The predicted molar refractivity (Wildman–Crippen MR) is 110 cm³/mol. The van der Waals surface area contributed by atoms with E-state index in [1.807, 2.05) is 28.8 Å². The van der Waals surface area contributed by atoms with E-state index in [9.17, 15) is 4.79 Å². The fraction of sp³-hybridized carbons (Fsp3) is 0.450. The van der Waals surface area contributed by atoms with Crippen LogP contribution in [0.15, 0.2) is 36.5 Å². The third-order valence-corrected chi connectivity index (χ3v) is 5.44. The fourth-order valence-electron chi connectivity index (χ4n) is 3.32. The van der Waals surface area contributed by atoms with Gasteiger partial charge in [-0.1, -0.05) is 6.07 Å². The second kappa shape index (κ2) is 9.08. The summed E-state index contributed by atoms with van der Waals surface area (Å²) in [5.41, 5.74) is 3.27. The Bertz CT molecular complexity index is 881. The lowest BCUT2D eigenvalue weighted by Crippen LogP contribution is -2.30. The van der Waals surface area contributed by atoms with Gasteiger partial charge in [0.1, 0.15) is 0 Å². The minimum atomic E-state index is -0.127. The maximum absolute atomic E-state index is 12.6. The molecule has 0 aliphatic heterocycles. The number of nitrogens with one attached hydrogen (secondary N) is 1. The SMILES string of the molecule is CSCC[C@@H](NC(=O)CCCn1c(C)ccc1C)c1nnc2ccccn12. The van der Waals surface area contributed by atoms with Crippen LogP contribution in [0.25, 0.3) is 5.65 Å². The van der Waals surface area contributed by atoms with E-state index in [2.05, 4.69) is 52.3 Å². The molecule has 0 radical (unpaired) electrons. The number of carbonyl (C=O) groups is 1. The average molecular weight is 386 g/mol. The number of hydrogen-bond donors (Lipinski definition) is 1. The molecule has 7 heteroatoms. The number of aromatic nitrogens is 4. The first-order valence-electron chi connectivity index (χ1n) is 9.31. The number of thioether (sulfide) groups is 1. The van der Waals surface area contributed by atoms with Crippen LogP contribution >= 0.6 is 11.8 Å². The zero-order valence-corrected chi connectivity index (χ0v) is 17.0. The van der Waals surface area contributed by atoms with Crippen LogP contribution in [-0.4, -0.2) is 37.1 Å². The molecule has 27 heavy (non-hydrogen) atoms. The van der Waals surface area contributed by atoms with Crippen LogP contribution in [0.1, 0.15) is 42.5 Å². The Balaban J connectivity index is 1.63. The topological polar surface area (TPSA) is 64.2 Å². The van der Waals surface area contributed by atoms with Crippen molar-refractivity contribution in [2.45, 2.75) is 45.7 Å². The highest BCUT2D eigenvalue weighted by Gasteiger charge is 2.20. The Morgan fingerprint density at radius 3 is 2.70 bits per heavy atom. The summed E-state index contributed by atoms with van der Waals surface area (Å²) in [6, 6.07) is 9.92. The quantitative estimate of drug-likeness (QED) is 0.612. The molecular weight excluding hydrogens is 358 g/mol. The summed E-state index contributed by atoms with van der Waals surface area (Å²) >= 11 is 1.77. The van der Waals surface area contributed by atoms with Crippen LogP contribution in [0.2, 0.25) is 0 Å². The molecule has 3 rings (SSSR count). The third kappa shape index (κ3) is 4.71. The van der Waals surface area contributed by atoms with Crippen molar-refractivity contribution in [3.8, 4) is 0 Å². The van der Waals surface area contributed by atoms with Gasteiger partial charge in [0.25, 0.3) is 0 Å². The van der Waals surface area contributed by atoms with E-state index in [0.29, 0.717) is 6.42 Å². The lowest BCUT2D eigenvalue weighted by molar-refractivity contribution is -0.122. The number of pyridine rings is 1. The van der Waals surface area contributed by atoms with Crippen molar-refractivity contribution in [2.75, 3.05) is 12.0 Å². The van der Waals surface area contributed by atoms with Crippen LogP contribution in [0.4, 0.5) is 0 Å². The number of amides is 1. The molecule has 0 unspecified atom stereocenters. The van der Waals surface area contributed by atoms with E-state index in [4.69, 9.17) is 0 Å². The summed E-state index contributed by atoms with van der Waals surface area (Å²) in [5.74, 6) is 1.82. The predicted octanol–water partition coefficient (Wildman–Crippen LogP) is 3.54. The van der Waals surface area contributed by atoms with Gasteiger partial charge in [-0.2, -0.15) is 11.8 Å². The molecule has 0 saturated heterocycles. The molecule has 0 aliphatic rings. The molecule has 0 aliphatic carbocycles. The highest BCUT2D eigenvalue weighted by Crippen LogP contribution is 2.18. The molecule has 6 nitrogen and oxygen atoms in total. The molecule has 0 spiro atoms. The number of carbonyl (C=O) groups excluding carboxylic acids is 1. The maximum atomic E-state index is 12.6. The lowest BCUT2D eigenvalue weighted by Gasteiger charge is -2.17. The maximum Gasteiger partial charge on any atom is 0.220 e. The molecule has 1 amide bonds. The number of hydrogen-bond acceptors (Lipinski definition) is 4. The van der Waals surface area contributed by atoms with Crippen molar-refractivity contribution in [3.05, 3.63) is 53.7 Å². The molecule has 1 N–H and O–H groups in total. The van der Waals surface area contributed by atoms with E-state index in [0.717, 1.165) is 36.6 Å². The minimum absolute atomic E-state index is 0.0660. The van der Waals surface area contributed by atoms with E-state index in [1.165, 1.54) is 11.4 Å². The van der Waals surface area contributed by atoms with Crippen LogP contribution in [0.5, 0.6) is 0 Å². The van der Waals surface area contributed by atoms with E-state index in [1.54, 1.807) is 11.8 Å². The van der Waals surface area contributed by atoms with Gasteiger partial charge in [-0.3, -0.25) is 9.20 Å². The standard InChI is InChI=1S/C20H27N5OS/c1-15-9-10-16(2)24(15)13-6-8-19(26)21-17(11-14-27-3)20-23-22-18-7-4-5-12-25(18)20/h4-5,7,9-10,12,17H,6,8,11,13-14H2,1-3H3,(H,21,26)/t17-/m1/s1. The molecule has 1 atom stereocenters. The lowest BCUT2D eigenvalue weighted by atomic mass is 10.2. The van der Waals surface area contributed by atoms with Gasteiger partial charge in [0.05, 0.1) is 6.04 Å². The number of rotatable bonds is 9. The smallest absolute Gasteiger partial charge is 0.220 e. The van der Waals surface area contributed by atoms with Gasteiger partial charge in [0.15, 0.2) is 11.5 Å². The number of nitrogens with zero attached hydrogens (tertiary/aromatic N) is 4. The third-order valence-electron chi connectivity index (χ3n) is 4.80. The van der Waals surface area contributed by atoms with Crippen molar-refractivity contribution < 1.29 is 4.79 Å². The van der Waals surface area contributed by atoms with Crippen LogP contribution in [0, 0.1) is 13.8 Å². The van der Waals surface area contributed by atoms with Gasteiger partial charge in [-0.05, 0) is 63.0 Å². The van der Waals surface area contributed by atoms with Crippen LogP contribution in [-0.2, 0) is 11.3 Å². The van der Waals surface area contributed by atoms with E-state index >= 15 is 0 Å². The number of aryl methyl sites for hydroxylation is 2. The monoisotopic (exact) mass is 385 g/mol. The Kier molecular flexibility index (Phi) is 6.55. The molecule has 3 aromatic heterocycles. The fourth-order valence-corrected chi connectivity index (χ4v) is 3.79. The highest BCUT2D eigenvalue weighted by molar-refractivity contribution is 7.98.